The standard InChI is InChI=1S/C21H29N5O3/c1-13-14(2)24-19(21(27)22-3)25-20(13)26-9-8-16(12-26)23-11-15-6-7-17(28-4)18(10-15)29-5/h6-7,10,16,23H,8-9,11-12H2,1-5H3,(H,22,27)/t16-/m1/s1. The van der Waals surface area contributed by atoms with Gasteiger partial charge in [0.15, 0.2) is 11.5 Å². The molecule has 1 atom stereocenters. The molecule has 0 aliphatic carbocycles. The van der Waals surface area contributed by atoms with Gasteiger partial charge in [0.2, 0.25) is 5.82 Å². The maximum absolute atomic E-state index is 12.0. The molecule has 1 fully saturated rings. The lowest BCUT2D eigenvalue weighted by Gasteiger charge is -2.21. The molecule has 0 unspecified atom stereocenters. The number of benzene rings is 1. The maximum Gasteiger partial charge on any atom is 0.288 e. The zero-order valence-corrected chi connectivity index (χ0v) is 17.7. The van der Waals surface area contributed by atoms with E-state index in [1.165, 1.54) is 0 Å². The number of amides is 1. The molecule has 1 saturated heterocycles. The second kappa shape index (κ2) is 9.09. The van der Waals surface area contributed by atoms with Crippen LogP contribution in [0.15, 0.2) is 18.2 Å². The first-order valence-electron chi connectivity index (χ1n) is 9.73. The number of methoxy groups -OCH3 is 2. The van der Waals surface area contributed by atoms with Crippen LogP contribution in [0.2, 0.25) is 0 Å². The minimum Gasteiger partial charge on any atom is -0.493 e. The average Bonchev–Trinajstić information content (AvgIpc) is 3.21. The number of carbonyl (C=O) groups is 1. The molecule has 1 aromatic carbocycles. The molecule has 0 radical (unpaired) electrons. The third kappa shape index (κ3) is 4.59. The van der Waals surface area contributed by atoms with Crippen LogP contribution >= 0.6 is 0 Å². The first kappa shape index (κ1) is 20.9. The molecule has 1 aliphatic rings. The molecule has 8 heteroatoms. The monoisotopic (exact) mass is 399 g/mol. The molecule has 2 N–H and O–H groups in total. The number of aryl methyl sites for hydroxylation is 1. The maximum atomic E-state index is 12.0. The first-order chi connectivity index (χ1) is 14.0. The highest BCUT2D eigenvalue weighted by molar-refractivity contribution is 5.90. The number of aromatic nitrogens is 2. The number of hydrogen-bond donors (Lipinski definition) is 2. The smallest absolute Gasteiger partial charge is 0.288 e. The topological polar surface area (TPSA) is 88.6 Å². The molecule has 0 spiro atoms. The van der Waals surface area contributed by atoms with Gasteiger partial charge in [-0.05, 0) is 38.0 Å². The van der Waals surface area contributed by atoms with E-state index in [2.05, 4.69) is 25.5 Å². The SMILES string of the molecule is CNC(=O)c1nc(C)c(C)c(N2CC[C@@H](NCc3ccc(OC)c(OC)c3)C2)n1. The van der Waals surface area contributed by atoms with Crippen LogP contribution in [0, 0.1) is 13.8 Å². The van der Waals surface area contributed by atoms with E-state index in [9.17, 15) is 4.79 Å². The highest BCUT2D eigenvalue weighted by Gasteiger charge is 2.26. The number of rotatable bonds is 7. The number of nitrogens with zero attached hydrogens (tertiary/aromatic N) is 3. The van der Waals surface area contributed by atoms with Crippen molar-refractivity contribution in [2.24, 2.45) is 0 Å². The molecule has 8 nitrogen and oxygen atoms in total. The van der Waals surface area contributed by atoms with E-state index >= 15 is 0 Å². The Hall–Kier alpha value is -2.87. The molecule has 2 aromatic rings. The van der Waals surface area contributed by atoms with E-state index < -0.39 is 0 Å². The molecular weight excluding hydrogens is 370 g/mol. The van der Waals surface area contributed by atoms with Crippen LogP contribution in [0.25, 0.3) is 0 Å². The van der Waals surface area contributed by atoms with Crippen molar-refractivity contribution in [2.45, 2.75) is 32.9 Å². The van der Waals surface area contributed by atoms with Crippen molar-refractivity contribution in [3.63, 3.8) is 0 Å². The van der Waals surface area contributed by atoms with Crippen molar-refractivity contribution in [1.29, 1.82) is 0 Å². The number of carbonyl (C=O) groups excluding carboxylic acids is 1. The summed E-state index contributed by atoms with van der Waals surface area (Å²) in [5.41, 5.74) is 2.98. The molecule has 29 heavy (non-hydrogen) atoms. The number of nitrogens with one attached hydrogen (secondary N) is 2. The fourth-order valence-corrected chi connectivity index (χ4v) is 3.51. The van der Waals surface area contributed by atoms with Crippen LogP contribution in [0.5, 0.6) is 11.5 Å². The molecule has 0 saturated carbocycles. The van der Waals surface area contributed by atoms with E-state index in [1.807, 2.05) is 32.0 Å². The third-order valence-electron chi connectivity index (χ3n) is 5.32. The Bertz CT molecular complexity index is 887. The number of ether oxygens (including phenoxy) is 2. The van der Waals surface area contributed by atoms with E-state index in [0.29, 0.717) is 6.04 Å². The summed E-state index contributed by atoms with van der Waals surface area (Å²) >= 11 is 0. The van der Waals surface area contributed by atoms with Crippen molar-refractivity contribution >= 4 is 11.7 Å². The predicted octanol–water partition coefficient (Wildman–Crippen LogP) is 1.84. The van der Waals surface area contributed by atoms with Crippen LogP contribution in [0.4, 0.5) is 5.82 Å². The van der Waals surface area contributed by atoms with Crippen LogP contribution in [-0.4, -0.2) is 56.3 Å². The van der Waals surface area contributed by atoms with E-state index in [-0.39, 0.29) is 11.7 Å². The number of hydrogen-bond acceptors (Lipinski definition) is 7. The van der Waals surface area contributed by atoms with Gasteiger partial charge in [-0.1, -0.05) is 6.07 Å². The quantitative estimate of drug-likeness (QED) is 0.734. The second-order valence-electron chi connectivity index (χ2n) is 7.16. The van der Waals surface area contributed by atoms with E-state index in [0.717, 1.165) is 60.2 Å². The summed E-state index contributed by atoms with van der Waals surface area (Å²) in [4.78, 5) is 23.0. The lowest BCUT2D eigenvalue weighted by Crippen LogP contribution is -2.33. The molecule has 1 amide bonds. The Balaban J connectivity index is 1.66. The summed E-state index contributed by atoms with van der Waals surface area (Å²) in [5.74, 6) is 2.24. The summed E-state index contributed by atoms with van der Waals surface area (Å²) < 4.78 is 10.7. The Morgan fingerprint density at radius 3 is 2.66 bits per heavy atom. The van der Waals surface area contributed by atoms with Gasteiger partial charge in [0, 0.05) is 44.0 Å². The fraction of sp³-hybridized carbons (Fsp3) is 0.476. The van der Waals surface area contributed by atoms with Crippen molar-refractivity contribution in [3.05, 3.63) is 40.8 Å². The molecule has 156 valence electrons. The Kier molecular flexibility index (Phi) is 6.53. The van der Waals surface area contributed by atoms with Crippen molar-refractivity contribution < 1.29 is 14.3 Å². The average molecular weight is 399 g/mol. The summed E-state index contributed by atoms with van der Waals surface area (Å²) in [6, 6.07) is 6.28. The van der Waals surface area contributed by atoms with E-state index in [1.54, 1.807) is 21.3 Å². The summed E-state index contributed by atoms with van der Waals surface area (Å²) in [6.45, 7) is 6.37. The largest absolute Gasteiger partial charge is 0.493 e. The van der Waals surface area contributed by atoms with Crippen LogP contribution < -0.4 is 25.0 Å². The van der Waals surface area contributed by atoms with Crippen molar-refractivity contribution in [3.8, 4) is 11.5 Å². The molecule has 0 bridgehead atoms. The van der Waals surface area contributed by atoms with Gasteiger partial charge in [-0.25, -0.2) is 9.97 Å². The lowest BCUT2D eigenvalue weighted by molar-refractivity contribution is 0.0952. The van der Waals surface area contributed by atoms with Gasteiger partial charge in [-0.3, -0.25) is 4.79 Å². The van der Waals surface area contributed by atoms with Gasteiger partial charge in [-0.15, -0.1) is 0 Å². The van der Waals surface area contributed by atoms with Gasteiger partial charge in [0.25, 0.3) is 5.91 Å². The Morgan fingerprint density at radius 1 is 1.21 bits per heavy atom. The minimum atomic E-state index is -0.267. The third-order valence-corrected chi connectivity index (χ3v) is 5.32. The van der Waals surface area contributed by atoms with Gasteiger partial charge in [-0.2, -0.15) is 0 Å². The van der Waals surface area contributed by atoms with Crippen molar-refractivity contribution in [1.82, 2.24) is 20.6 Å². The normalized spacial score (nSPS) is 16.0. The van der Waals surface area contributed by atoms with Crippen LogP contribution in [0.1, 0.15) is 33.9 Å². The van der Waals surface area contributed by atoms with Gasteiger partial charge in [0.1, 0.15) is 5.82 Å². The number of anilines is 1. The summed E-state index contributed by atoms with van der Waals surface area (Å²) in [7, 11) is 4.86. The minimum absolute atomic E-state index is 0.215. The molecule has 1 aliphatic heterocycles. The molecule has 1 aromatic heterocycles. The summed E-state index contributed by atoms with van der Waals surface area (Å²) in [5, 5.41) is 6.20. The highest BCUT2D eigenvalue weighted by atomic mass is 16.5. The molecular formula is C21H29N5O3. The lowest BCUT2D eigenvalue weighted by atomic mass is 10.1. The van der Waals surface area contributed by atoms with Crippen LogP contribution in [-0.2, 0) is 6.54 Å². The Morgan fingerprint density at radius 2 is 1.97 bits per heavy atom. The Labute approximate surface area is 171 Å². The predicted molar refractivity (Wildman–Crippen MR) is 112 cm³/mol. The van der Waals surface area contributed by atoms with Gasteiger partial charge >= 0.3 is 0 Å². The fourth-order valence-electron chi connectivity index (χ4n) is 3.51. The molecule has 2 heterocycles. The molecule has 3 rings (SSSR count). The van der Waals surface area contributed by atoms with Crippen molar-refractivity contribution in [2.75, 3.05) is 39.3 Å². The second-order valence-corrected chi connectivity index (χ2v) is 7.16. The van der Waals surface area contributed by atoms with Gasteiger partial charge in [0.05, 0.1) is 14.2 Å². The highest BCUT2D eigenvalue weighted by Crippen LogP contribution is 2.28. The van der Waals surface area contributed by atoms with Crippen LogP contribution in [0.3, 0.4) is 0 Å². The zero-order chi connectivity index (χ0) is 21.0. The zero-order valence-electron chi connectivity index (χ0n) is 17.7. The van der Waals surface area contributed by atoms with Gasteiger partial charge < -0.3 is 25.0 Å². The summed E-state index contributed by atoms with van der Waals surface area (Å²) in [6.07, 6.45) is 1.01. The first-order valence-corrected chi connectivity index (χ1v) is 9.73. The van der Waals surface area contributed by atoms with E-state index in [4.69, 9.17) is 9.47 Å².